The lowest BCUT2D eigenvalue weighted by Gasteiger charge is -2.23. The molecule has 2 saturated heterocycles. The first-order valence-corrected chi connectivity index (χ1v) is 7.19. The Balaban J connectivity index is 1.79. The van der Waals surface area contributed by atoms with Gasteiger partial charge in [0.15, 0.2) is 5.89 Å². The van der Waals surface area contributed by atoms with E-state index < -0.39 is 0 Å². The van der Waals surface area contributed by atoms with Crippen LogP contribution in [0.4, 0.5) is 0 Å². The van der Waals surface area contributed by atoms with E-state index in [0.29, 0.717) is 11.2 Å². The summed E-state index contributed by atoms with van der Waals surface area (Å²) < 4.78 is 5.81. The molecule has 1 N–H and O–H groups in total. The van der Waals surface area contributed by atoms with Gasteiger partial charge < -0.3 is 9.73 Å². The number of nitrogens with one attached hydrogen (secondary N) is 1. The zero-order chi connectivity index (χ0) is 11.0. The van der Waals surface area contributed by atoms with Crippen molar-refractivity contribution in [1.82, 2.24) is 10.3 Å². The molecule has 2 aliphatic rings. The third-order valence-electron chi connectivity index (χ3n) is 3.46. The van der Waals surface area contributed by atoms with E-state index in [-0.39, 0.29) is 0 Å². The van der Waals surface area contributed by atoms with Crippen LogP contribution in [0, 0.1) is 6.92 Å². The van der Waals surface area contributed by atoms with Crippen molar-refractivity contribution >= 4 is 11.8 Å². The van der Waals surface area contributed by atoms with Crippen LogP contribution < -0.4 is 5.32 Å². The van der Waals surface area contributed by atoms with Gasteiger partial charge in [0, 0.05) is 13.1 Å². The summed E-state index contributed by atoms with van der Waals surface area (Å²) in [6.07, 6.45) is 3.96. The summed E-state index contributed by atoms with van der Waals surface area (Å²) in [6.45, 7) is 4.11. The summed E-state index contributed by atoms with van der Waals surface area (Å²) in [4.78, 5) is 4.73. The molecule has 0 bridgehead atoms. The van der Waals surface area contributed by atoms with Crippen LogP contribution in [-0.4, -0.2) is 23.8 Å². The van der Waals surface area contributed by atoms with E-state index in [2.05, 4.69) is 12.2 Å². The summed E-state index contributed by atoms with van der Waals surface area (Å²) in [5, 5.41) is 3.85. The number of oxazole rings is 1. The Labute approximate surface area is 100 Å². The monoisotopic (exact) mass is 238 g/mol. The second-order valence-corrected chi connectivity index (χ2v) is 6.01. The van der Waals surface area contributed by atoms with Crippen LogP contribution in [0.5, 0.6) is 0 Å². The smallest absolute Gasteiger partial charge is 0.200 e. The topological polar surface area (TPSA) is 38.1 Å². The molecule has 4 heteroatoms. The minimum Gasteiger partial charge on any atom is -0.445 e. The van der Waals surface area contributed by atoms with E-state index in [1.807, 2.05) is 11.8 Å². The molecule has 88 valence electrons. The molecular formula is C12H18N2OS. The summed E-state index contributed by atoms with van der Waals surface area (Å²) in [7, 11) is 0. The van der Waals surface area contributed by atoms with Gasteiger partial charge in [0.05, 0.1) is 16.9 Å². The van der Waals surface area contributed by atoms with Crippen molar-refractivity contribution in [2.24, 2.45) is 0 Å². The molecule has 0 aromatic carbocycles. The van der Waals surface area contributed by atoms with Gasteiger partial charge in [-0.15, -0.1) is 0 Å². The van der Waals surface area contributed by atoms with Crippen molar-refractivity contribution < 1.29 is 4.42 Å². The van der Waals surface area contributed by atoms with Gasteiger partial charge in [0.2, 0.25) is 0 Å². The molecule has 0 aliphatic carbocycles. The second-order valence-electron chi connectivity index (χ2n) is 4.70. The van der Waals surface area contributed by atoms with Crippen molar-refractivity contribution in [2.45, 2.75) is 37.4 Å². The normalized spacial score (nSPS) is 26.7. The van der Waals surface area contributed by atoms with Crippen molar-refractivity contribution in [3.63, 3.8) is 0 Å². The largest absolute Gasteiger partial charge is 0.445 e. The molecule has 2 aliphatic heterocycles. The van der Waals surface area contributed by atoms with Crippen LogP contribution in [0.25, 0.3) is 0 Å². The van der Waals surface area contributed by atoms with E-state index in [0.717, 1.165) is 24.7 Å². The molecule has 3 rings (SSSR count). The number of aromatic nitrogens is 1. The summed E-state index contributed by atoms with van der Waals surface area (Å²) in [5.41, 5.74) is 1.21. The molecule has 1 aromatic heterocycles. The molecule has 0 amide bonds. The SMILES string of the molecule is Cc1oc(C2CNC2)nc1C1CCCCS1. The van der Waals surface area contributed by atoms with Crippen LogP contribution in [0.15, 0.2) is 4.42 Å². The van der Waals surface area contributed by atoms with Gasteiger partial charge in [-0.1, -0.05) is 6.42 Å². The highest BCUT2D eigenvalue weighted by Gasteiger charge is 2.28. The second kappa shape index (κ2) is 4.41. The number of aryl methyl sites for hydroxylation is 1. The summed E-state index contributed by atoms with van der Waals surface area (Å²) in [5.74, 6) is 3.79. The van der Waals surface area contributed by atoms with Crippen LogP contribution in [0.1, 0.15) is 47.8 Å². The average Bonchev–Trinajstić information content (AvgIpc) is 2.59. The fraction of sp³-hybridized carbons (Fsp3) is 0.750. The molecule has 1 aromatic rings. The fourth-order valence-corrected chi connectivity index (χ4v) is 3.69. The molecule has 0 spiro atoms. The lowest BCUT2D eigenvalue weighted by atomic mass is 10.0. The first-order chi connectivity index (χ1) is 7.84. The standard InChI is InChI=1S/C12H18N2OS/c1-8-11(10-4-2-3-5-16-10)14-12(15-8)9-6-13-7-9/h9-10,13H,2-7H2,1H3. The van der Waals surface area contributed by atoms with E-state index in [4.69, 9.17) is 9.40 Å². The Kier molecular flexibility index (Phi) is 2.94. The first-order valence-electron chi connectivity index (χ1n) is 6.14. The number of hydrogen-bond acceptors (Lipinski definition) is 4. The van der Waals surface area contributed by atoms with Crippen LogP contribution in [-0.2, 0) is 0 Å². The van der Waals surface area contributed by atoms with E-state index in [1.54, 1.807) is 0 Å². The Morgan fingerprint density at radius 2 is 2.25 bits per heavy atom. The molecular weight excluding hydrogens is 220 g/mol. The summed E-state index contributed by atoms with van der Waals surface area (Å²) >= 11 is 2.04. The number of rotatable bonds is 2. The third-order valence-corrected chi connectivity index (χ3v) is 4.85. The van der Waals surface area contributed by atoms with Crippen LogP contribution in [0.2, 0.25) is 0 Å². The van der Waals surface area contributed by atoms with Crippen LogP contribution >= 0.6 is 11.8 Å². The number of hydrogen-bond donors (Lipinski definition) is 1. The Bertz CT molecular complexity index is 367. The first kappa shape index (κ1) is 10.7. The predicted octanol–water partition coefficient (Wildman–Crippen LogP) is 2.63. The van der Waals surface area contributed by atoms with Gasteiger partial charge in [-0.05, 0) is 25.5 Å². The highest BCUT2D eigenvalue weighted by Crippen LogP contribution is 2.40. The van der Waals surface area contributed by atoms with Crippen LogP contribution in [0.3, 0.4) is 0 Å². The van der Waals surface area contributed by atoms with Gasteiger partial charge in [-0.3, -0.25) is 0 Å². The molecule has 3 nitrogen and oxygen atoms in total. The zero-order valence-electron chi connectivity index (χ0n) is 9.66. The minimum atomic E-state index is 0.515. The molecule has 1 unspecified atom stereocenters. The molecule has 2 fully saturated rings. The van der Waals surface area contributed by atoms with Gasteiger partial charge in [-0.2, -0.15) is 11.8 Å². The average molecular weight is 238 g/mol. The Morgan fingerprint density at radius 3 is 2.88 bits per heavy atom. The Morgan fingerprint density at radius 1 is 1.38 bits per heavy atom. The molecule has 16 heavy (non-hydrogen) atoms. The summed E-state index contributed by atoms with van der Waals surface area (Å²) in [6, 6.07) is 0. The highest BCUT2D eigenvalue weighted by molar-refractivity contribution is 7.99. The maximum Gasteiger partial charge on any atom is 0.200 e. The van der Waals surface area contributed by atoms with E-state index in [1.165, 1.54) is 30.7 Å². The van der Waals surface area contributed by atoms with E-state index in [9.17, 15) is 0 Å². The van der Waals surface area contributed by atoms with Gasteiger partial charge in [0.25, 0.3) is 0 Å². The minimum absolute atomic E-state index is 0.515. The maximum atomic E-state index is 5.81. The van der Waals surface area contributed by atoms with Gasteiger partial charge in [0.1, 0.15) is 5.76 Å². The Hall–Kier alpha value is -0.480. The fourth-order valence-electron chi connectivity index (χ4n) is 2.32. The number of nitrogens with zero attached hydrogens (tertiary/aromatic N) is 1. The quantitative estimate of drug-likeness (QED) is 0.859. The molecule has 3 heterocycles. The predicted molar refractivity (Wildman–Crippen MR) is 65.9 cm³/mol. The van der Waals surface area contributed by atoms with Crippen molar-refractivity contribution in [1.29, 1.82) is 0 Å². The third kappa shape index (κ3) is 1.89. The lowest BCUT2D eigenvalue weighted by Crippen LogP contribution is -2.40. The number of thioether (sulfide) groups is 1. The van der Waals surface area contributed by atoms with Gasteiger partial charge >= 0.3 is 0 Å². The lowest BCUT2D eigenvalue weighted by molar-refractivity contribution is 0.350. The van der Waals surface area contributed by atoms with Crippen molar-refractivity contribution in [3.8, 4) is 0 Å². The highest BCUT2D eigenvalue weighted by atomic mass is 32.2. The maximum absolute atomic E-state index is 5.81. The van der Waals surface area contributed by atoms with Crippen molar-refractivity contribution in [2.75, 3.05) is 18.8 Å². The van der Waals surface area contributed by atoms with Crippen molar-refractivity contribution in [3.05, 3.63) is 17.3 Å². The zero-order valence-corrected chi connectivity index (χ0v) is 10.5. The molecule has 1 atom stereocenters. The van der Waals surface area contributed by atoms with E-state index >= 15 is 0 Å². The van der Waals surface area contributed by atoms with Gasteiger partial charge in [-0.25, -0.2) is 4.98 Å². The molecule has 0 radical (unpaired) electrons. The molecule has 0 saturated carbocycles.